The molecule has 0 radical (unpaired) electrons. The van der Waals surface area contributed by atoms with E-state index in [1.54, 1.807) is 6.20 Å². The zero-order valence-corrected chi connectivity index (χ0v) is 21.1. The van der Waals surface area contributed by atoms with Crippen molar-refractivity contribution in [2.75, 3.05) is 41.8 Å². The zero-order valence-electron chi connectivity index (χ0n) is 21.1. The van der Waals surface area contributed by atoms with E-state index in [0.29, 0.717) is 11.8 Å². The van der Waals surface area contributed by atoms with Crippen molar-refractivity contribution in [3.05, 3.63) is 72.9 Å². The molecule has 4 aromatic heterocycles. The number of fused-ring (bicyclic) bond motifs is 1. The summed E-state index contributed by atoms with van der Waals surface area (Å²) in [6, 6.07) is 20.0. The fourth-order valence-electron chi connectivity index (χ4n) is 5.63. The van der Waals surface area contributed by atoms with E-state index in [0.717, 1.165) is 72.8 Å². The largest absolute Gasteiger partial charge is 0.383 e. The first-order valence-corrected chi connectivity index (χ1v) is 12.9. The van der Waals surface area contributed by atoms with Gasteiger partial charge in [0, 0.05) is 43.4 Å². The van der Waals surface area contributed by atoms with E-state index < -0.39 is 0 Å². The van der Waals surface area contributed by atoms with Crippen molar-refractivity contribution in [3.63, 3.8) is 0 Å². The number of imidazole rings is 1. The van der Waals surface area contributed by atoms with Crippen LogP contribution < -0.4 is 15.6 Å². The number of aromatic nitrogens is 7. The smallest absolute Gasteiger partial charge is 0.236 e. The molecule has 11 nitrogen and oxygen atoms in total. The van der Waals surface area contributed by atoms with Crippen molar-refractivity contribution >= 4 is 22.9 Å². The molecule has 7 rings (SSSR count). The van der Waals surface area contributed by atoms with Gasteiger partial charge < -0.3 is 15.6 Å². The SMILES string of the molecule is N#Cc1ncnc(N2CCC3(CC2)CN(n2c(-c4cccnc4N)nc4ccc(-c5ccccc5)nc42)C3)n1. The van der Waals surface area contributed by atoms with Crippen LogP contribution >= 0.6 is 0 Å². The second-order valence-electron chi connectivity index (χ2n) is 10.1. The third-order valence-corrected chi connectivity index (χ3v) is 7.72. The number of hydrogen-bond acceptors (Lipinski definition) is 10. The van der Waals surface area contributed by atoms with Crippen LogP contribution in [0.4, 0.5) is 11.8 Å². The molecule has 0 saturated carbocycles. The van der Waals surface area contributed by atoms with Gasteiger partial charge in [0.2, 0.25) is 11.8 Å². The standard InChI is InChI=1S/C28H25N11/c29-15-23-32-18-33-27(36-23)37-13-10-28(11-14-37)16-38(17-28)39-25(20-7-4-12-31-24(20)30)35-22-9-8-21(34-26(22)39)19-5-2-1-3-6-19/h1-9,12,18H,10-11,13-14,16-17H2,(H2,30,31). The minimum Gasteiger partial charge on any atom is -0.383 e. The second-order valence-corrected chi connectivity index (χ2v) is 10.1. The van der Waals surface area contributed by atoms with Gasteiger partial charge in [0.15, 0.2) is 11.5 Å². The van der Waals surface area contributed by atoms with Gasteiger partial charge in [-0.2, -0.15) is 10.2 Å². The number of pyridine rings is 2. The fraction of sp³-hybridized carbons (Fsp3) is 0.250. The van der Waals surface area contributed by atoms with Gasteiger partial charge in [-0.15, -0.1) is 0 Å². The van der Waals surface area contributed by atoms with Crippen LogP contribution in [0.25, 0.3) is 33.8 Å². The minimum atomic E-state index is 0.145. The first-order valence-electron chi connectivity index (χ1n) is 12.9. The highest BCUT2D eigenvalue weighted by atomic mass is 15.6. The maximum atomic E-state index is 9.14. The summed E-state index contributed by atoms with van der Waals surface area (Å²) < 4.78 is 2.12. The van der Waals surface area contributed by atoms with Crippen molar-refractivity contribution in [3.8, 4) is 28.7 Å². The number of piperidine rings is 1. The van der Waals surface area contributed by atoms with E-state index >= 15 is 0 Å². The van der Waals surface area contributed by atoms with E-state index in [4.69, 9.17) is 21.0 Å². The monoisotopic (exact) mass is 515 g/mol. The van der Waals surface area contributed by atoms with E-state index in [1.807, 2.05) is 48.5 Å². The highest BCUT2D eigenvalue weighted by Gasteiger charge is 2.46. The van der Waals surface area contributed by atoms with Gasteiger partial charge in [0.1, 0.15) is 23.7 Å². The molecule has 0 aliphatic carbocycles. The van der Waals surface area contributed by atoms with Crippen LogP contribution in [0.5, 0.6) is 0 Å². The van der Waals surface area contributed by atoms with E-state index in [2.05, 4.69) is 46.7 Å². The molecule has 0 bridgehead atoms. The first kappa shape index (κ1) is 23.0. The molecule has 6 heterocycles. The molecule has 0 unspecified atom stereocenters. The molecule has 2 fully saturated rings. The Kier molecular flexibility index (Phi) is 5.33. The summed E-state index contributed by atoms with van der Waals surface area (Å²) in [5, 5.41) is 11.4. The summed E-state index contributed by atoms with van der Waals surface area (Å²) >= 11 is 0. The first-order chi connectivity index (χ1) is 19.1. The number of rotatable bonds is 4. The Morgan fingerprint density at radius 1 is 0.872 bits per heavy atom. The number of nitriles is 1. The third-order valence-electron chi connectivity index (χ3n) is 7.72. The van der Waals surface area contributed by atoms with E-state index in [1.165, 1.54) is 6.33 Å². The Morgan fingerprint density at radius 2 is 1.69 bits per heavy atom. The Bertz CT molecular complexity index is 1710. The summed E-state index contributed by atoms with van der Waals surface area (Å²) in [5.74, 6) is 1.90. The predicted octanol–water partition coefficient (Wildman–Crippen LogP) is 3.04. The quantitative estimate of drug-likeness (QED) is 0.380. The molecule has 2 N–H and O–H groups in total. The molecule has 1 aromatic carbocycles. The predicted molar refractivity (Wildman–Crippen MR) is 147 cm³/mol. The lowest BCUT2D eigenvalue weighted by Crippen LogP contribution is -2.64. The summed E-state index contributed by atoms with van der Waals surface area (Å²) in [7, 11) is 0. The van der Waals surface area contributed by atoms with Gasteiger partial charge in [-0.25, -0.2) is 29.6 Å². The Labute approximate surface area is 224 Å². The lowest BCUT2D eigenvalue weighted by Gasteiger charge is -2.55. The van der Waals surface area contributed by atoms with Crippen LogP contribution in [0.15, 0.2) is 67.1 Å². The Morgan fingerprint density at radius 3 is 2.46 bits per heavy atom. The molecule has 0 atom stereocenters. The van der Waals surface area contributed by atoms with E-state index in [9.17, 15) is 0 Å². The van der Waals surface area contributed by atoms with Crippen LogP contribution in [0.1, 0.15) is 18.7 Å². The van der Waals surface area contributed by atoms with Gasteiger partial charge in [-0.1, -0.05) is 30.3 Å². The molecule has 39 heavy (non-hydrogen) atoms. The normalized spacial score (nSPS) is 16.3. The topological polar surface area (TPSA) is 139 Å². The molecule has 192 valence electrons. The van der Waals surface area contributed by atoms with Crippen molar-refractivity contribution in [2.24, 2.45) is 5.41 Å². The molecule has 2 aliphatic rings. The van der Waals surface area contributed by atoms with Crippen molar-refractivity contribution in [1.82, 2.24) is 34.6 Å². The second kappa shape index (κ2) is 9.02. The average molecular weight is 516 g/mol. The summed E-state index contributed by atoms with van der Waals surface area (Å²) in [6.07, 6.45) is 5.09. The molecule has 0 amide bonds. The average Bonchev–Trinajstić information content (AvgIpc) is 3.35. The summed E-state index contributed by atoms with van der Waals surface area (Å²) in [4.78, 5) is 28.9. The van der Waals surface area contributed by atoms with Crippen molar-refractivity contribution in [2.45, 2.75) is 12.8 Å². The molecule has 1 spiro atoms. The van der Waals surface area contributed by atoms with Gasteiger partial charge in [0.05, 0.1) is 11.3 Å². The Balaban J connectivity index is 1.20. The number of nitrogen functional groups attached to an aromatic ring is 1. The van der Waals surface area contributed by atoms with Crippen LogP contribution in [-0.2, 0) is 0 Å². The van der Waals surface area contributed by atoms with Crippen molar-refractivity contribution < 1.29 is 0 Å². The number of nitrogens with zero attached hydrogens (tertiary/aromatic N) is 10. The maximum absolute atomic E-state index is 9.14. The molecule has 5 aromatic rings. The van der Waals surface area contributed by atoms with Gasteiger partial charge in [0.25, 0.3) is 0 Å². The summed E-state index contributed by atoms with van der Waals surface area (Å²) in [6.45, 7) is 3.40. The van der Waals surface area contributed by atoms with Crippen molar-refractivity contribution in [1.29, 1.82) is 5.26 Å². The van der Waals surface area contributed by atoms with Crippen LogP contribution in [0.3, 0.4) is 0 Å². The molecule has 2 aliphatic heterocycles. The zero-order chi connectivity index (χ0) is 26.4. The molecular weight excluding hydrogens is 490 g/mol. The number of benzene rings is 1. The maximum Gasteiger partial charge on any atom is 0.236 e. The van der Waals surface area contributed by atoms with Crippen LogP contribution in [-0.4, -0.2) is 60.8 Å². The lowest BCUT2D eigenvalue weighted by atomic mass is 9.73. The van der Waals surface area contributed by atoms with Gasteiger partial charge in [-0.3, -0.25) is 0 Å². The number of nitrogens with two attached hydrogens (primary N) is 1. The van der Waals surface area contributed by atoms with Gasteiger partial charge >= 0.3 is 0 Å². The highest BCUT2D eigenvalue weighted by molar-refractivity contribution is 5.83. The Hall–Kier alpha value is -5.11. The lowest BCUT2D eigenvalue weighted by molar-refractivity contribution is 0.132. The molecule has 2 saturated heterocycles. The number of anilines is 2. The highest BCUT2D eigenvalue weighted by Crippen LogP contribution is 2.42. The fourth-order valence-corrected chi connectivity index (χ4v) is 5.63. The van der Waals surface area contributed by atoms with E-state index in [-0.39, 0.29) is 11.2 Å². The van der Waals surface area contributed by atoms with Crippen LogP contribution in [0.2, 0.25) is 0 Å². The van der Waals surface area contributed by atoms with Crippen LogP contribution in [0, 0.1) is 16.7 Å². The molecule has 11 heteroatoms. The van der Waals surface area contributed by atoms with Gasteiger partial charge in [-0.05, 0) is 37.1 Å². The molecular formula is C28H25N11. The third kappa shape index (κ3) is 3.97. The number of hydrogen-bond donors (Lipinski definition) is 1. The summed E-state index contributed by atoms with van der Waals surface area (Å²) in [5.41, 5.74) is 10.8. The minimum absolute atomic E-state index is 0.145.